The second kappa shape index (κ2) is 8.73. The molecule has 1 aliphatic carbocycles. The summed E-state index contributed by atoms with van der Waals surface area (Å²) in [6.07, 6.45) is 14.3. The van der Waals surface area contributed by atoms with Crippen molar-refractivity contribution in [2.45, 2.75) is 58.2 Å². The highest BCUT2D eigenvalue weighted by Crippen LogP contribution is 2.25. The maximum Gasteiger partial charge on any atom is 0.222 e. The Morgan fingerprint density at radius 3 is 2.46 bits per heavy atom. The van der Waals surface area contributed by atoms with Gasteiger partial charge in [0, 0.05) is 56.0 Å². The third-order valence-electron chi connectivity index (χ3n) is 4.63. The fourth-order valence-corrected chi connectivity index (χ4v) is 3.41. The minimum Gasteiger partial charge on any atom is -0.355 e. The number of pyridine rings is 1. The summed E-state index contributed by atoms with van der Waals surface area (Å²) in [6.45, 7) is 4.73. The largest absolute Gasteiger partial charge is 0.355 e. The summed E-state index contributed by atoms with van der Waals surface area (Å²) in [5.41, 5.74) is 2.44. The Morgan fingerprint density at radius 2 is 1.79 bits per heavy atom. The third kappa shape index (κ3) is 4.74. The predicted molar refractivity (Wildman–Crippen MR) is 96.6 cm³/mol. The lowest BCUT2D eigenvalue weighted by Gasteiger charge is -2.34. The highest BCUT2D eigenvalue weighted by Gasteiger charge is 2.21. The molecule has 0 spiro atoms. The van der Waals surface area contributed by atoms with Gasteiger partial charge in [-0.05, 0) is 31.4 Å². The van der Waals surface area contributed by atoms with Gasteiger partial charge in [-0.1, -0.05) is 25.3 Å². The smallest absolute Gasteiger partial charge is 0.222 e. The number of anilines is 1. The molecule has 5 nitrogen and oxygen atoms in total. The van der Waals surface area contributed by atoms with E-state index in [0.717, 1.165) is 19.6 Å². The summed E-state index contributed by atoms with van der Waals surface area (Å²) in [6, 6.07) is 4.82. The van der Waals surface area contributed by atoms with Crippen LogP contribution in [0.5, 0.6) is 0 Å². The summed E-state index contributed by atoms with van der Waals surface area (Å²) >= 11 is 0. The molecule has 1 saturated carbocycles. The summed E-state index contributed by atoms with van der Waals surface area (Å²) in [5, 5.41) is 3.15. The lowest BCUT2D eigenvalue weighted by Crippen LogP contribution is -2.36. The normalized spacial score (nSPS) is 15.6. The molecule has 1 fully saturated rings. The Labute approximate surface area is 144 Å². The van der Waals surface area contributed by atoms with Crippen molar-refractivity contribution in [3.63, 3.8) is 0 Å². The van der Waals surface area contributed by atoms with Crippen LogP contribution in [0.25, 0.3) is 0 Å². The zero-order valence-corrected chi connectivity index (χ0v) is 14.5. The van der Waals surface area contributed by atoms with E-state index in [1.807, 2.05) is 30.9 Å². The predicted octanol–water partition coefficient (Wildman–Crippen LogP) is 3.64. The molecule has 5 heteroatoms. The van der Waals surface area contributed by atoms with Crippen molar-refractivity contribution in [3.8, 4) is 0 Å². The van der Waals surface area contributed by atoms with Crippen molar-refractivity contribution >= 4 is 5.95 Å². The number of nitrogens with zero attached hydrogens (tertiary/aromatic N) is 4. The Bertz CT molecular complexity index is 593. The molecule has 2 heterocycles. The highest BCUT2D eigenvalue weighted by atomic mass is 15.2. The van der Waals surface area contributed by atoms with Gasteiger partial charge in [-0.2, -0.15) is 0 Å². The Morgan fingerprint density at radius 1 is 1.04 bits per heavy atom. The van der Waals surface area contributed by atoms with Gasteiger partial charge in [0.25, 0.3) is 0 Å². The van der Waals surface area contributed by atoms with Gasteiger partial charge in [0.2, 0.25) is 5.95 Å². The third-order valence-corrected chi connectivity index (χ3v) is 4.63. The molecule has 3 rings (SSSR count). The molecule has 128 valence electrons. The van der Waals surface area contributed by atoms with E-state index in [4.69, 9.17) is 0 Å². The number of nitrogens with one attached hydrogen (secondary N) is 1. The first-order chi connectivity index (χ1) is 11.8. The summed E-state index contributed by atoms with van der Waals surface area (Å²) in [7, 11) is 0. The molecule has 0 aliphatic heterocycles. The van der Waals surface area contributed by atoms with Crippen LogP contribution >= 0.6 is 0 Å². The van der Waals surface area contributed by atoms with Crippen LogP contribution in [0, 0.1) is 0 Å². The van der Waals surface area contributed by atoms with E-state index < -0.39 is 0 Å². The Kier molecular flexibility index (Phi) is 6.13. The molecule has 2 aromatic heterocycles. The van der Waals surface area contributed by atoms with Crippen LogP contribution in [-0.2, 0) is 13.1 Å². The maximum atomic E-state index is 4.41. The van der Waals surface area contributed by atoms with Gasteiger partial charge < -0.3 is 5.32 Å². The van der Waals surface area contributed by atoms with E-state index in [1.54, 1.807) is 0 Å². The van der Waals surface area contributed by atoms with Crippen LogP contribution in [0.4, 0.5) is 5.95 Å². The summed E-state index contributed by atoms with van der Waals surface area (Å²) in [4.78, 5) is 15.7. The molecule has 1 N–H and O–H groups in total. The van der Waals surface area contributed by atoms with Gasteiger partial charge >= 0.3 is 0 Å². The number of hydrogen-bond donors (Lipinski definition) is 1. The molecule has 1 aliphatic rings. The molecule has 0 radical (unpaired) electrons. The molecule has 24 heavy (non-hydrogen) atoms. The quantitative estimate of drug-likeness (QED) is 0.842. The lowest BCUT2D eigenvalue weighted by atomic mass is 9.93. The molecule has 0 bridgehead atoms. The fraction of sp³-hybridized carbons (Fsp3) is 0.526. The number of hydrogen-bond acceptors (Lipinski definition) is 5. The highest BCUT2D eigenvalue weighted by molar-refractivity contribution is 5.24. The van der Waals surface area contributed by atoms with Crippen LogP contribution in [-0.4, -0.2) is 32.4 Å². The molecule has 0 amide bonds. The molecule has 0 unspecified atom stereocenters. The van der Waals surface area contributed by atoms with Gasteiger partial charge in [-0.15, -0.1) is 0 Å². The van der Waals surface area contributed by atoms with E-state index in [0.29, 0.717) is 12.0 Å². The van der Waals surface area contributed by atoms with Gasteiger partial charge in [0.15, 0.2) is 0 Å². The van der Waals surface area contributed by atoms with Crippen molar-refractivity contribution in [2.24, 2.45) is 0 Å². The van der Waals surface area contributed by atoms with Crippen LogP contribution in [0.1, 0.15) is 50.2 Å². The van der Waals surface area contributed by atoms with Crippen LogP contribution in [0.15, 0.2) is 36.9 Å². The molecular formula is C19H27N5. The SMILES string of the molecule is CCNc1ncc(CN(Cc2cccnc2)C2CCCCC2)cn1. The zero-order valence-electron chi connectivity index (χ0n) is 14.5. The first-order valence-corrected chi connectivity index (χ1v) is 9.03. The Hall–Kier alpha value is -2.01. The summed E-state index contributed by atoms with van der Waals surface area (Å²) in [5.74, 6) is 0.706. The Balaban J connectivity index is 1.71. The summed E-state index contributed by atoms with van der Waals surface area (Å²) < 4.78 is 0. The van der Waals surface area contributed by atoms with E-state index in [9.17, 15) is 0 Å². The molecule has 2 aromatic rings. The second-order valence-electron chi connectivity index (χ2n) is 6.50. The maximum absolute atomic E-state index is 4.41. The van der Waals surface area contributed by atoms with Crippen molar-refractivity contribution in [2.75, 3.05) is 11.9 Å². The first kappa shape index (κ1) is 16.8. The van der Waals surface area contributed by atoms with E-state index in [2.05, 4.69) is 38.2 Å². The van der Waals surface area contributed by atoms with Crippen molar-refractivity contribution < 1.29 is 0 Å². The molecule has 0 saturated heterocycles. The minimum atomic E-state index is 0.646. The van der Waals surface area contributed by atoms with Crippen molar-refractivity contribution in [3.05, 3.63) is 48.0 Å². The topological polar surface area (TPSA) is 53.9 Å². The second-order valence-corrected chi connectivity index (χ2v) is 6.50. The van der Waals surface area contributed by atoms with Gasteiger partial charge in [0.1, 0.15) is 0 Å². The van der Waals surface area contributed by atoms with E-state index in [1.165, 1.54) is 43.2 Å². The first-order valence-electron chi connectivity index (χ1n) is 9.03. The van der Waals surface area contributed by atoms with Crippen molar-refractivity contribution in [1.82, 2.24) is 19.9 Å². The molecule has 0 aromatic carbocycles. The average molecular weight is 325 g/mol. The van der Waals surface area contributed by atoms with Gasteiger partial charge in [-0.25, -0.2) is 9.97 Å². The zero-order chi connectivity index (χ0) is 16.6. The fourth-order valence-electron chi connectivity index (χ4n) is 3.41. The minimum absolute atomic E-state index is 0.646. The van der Waals surface area contributed by atoms with Crippen molar-refractivity contribution in [1.29, 1.82) is 0 Å². The molecular weight excluding hydrogens is 298 g/mol. The monoisotopic (exact) mass is 325 g/mol. The van der Waals surface area contributed by atoms with Crippen LogP contribution < -0.4 is 5.32 Å². The average Bonchev–Trinajstić information content (AvgIpc) is 2.65. The van der Waals surface area contributed by atoms with Gasteiger partial charge in [0.05, 0.1) is 0 Å². The lowest BCUT2D eigenvalue weighted by molar-refractivity contribution is 0.139. The van der Waals surface area contributed by atoms with E-state index in [-0.39, 0.29) is 0 Å². The van der Waals surface area contributed by atoms with E-state index >= 15 is 0 Å². The van der Waals surface area contributed by atoms with Gasteiger partial charge in [-0.3, -0.25) is 9.88 Å². The number of rotatable bonds is 7. The van der Waals surface area contributed by atoms with Crippen LogP contribution in [0.2, 0.25) is 0 Å². The standard InChI is InChI=1S/C19H27N5/c1-2-21-19-22-12-17(13-23-19)15-24(18-8-4-3-5-9-18)14-16-7-6-10-20-11-16/h6-7,10-13,18H,2-5,8-9,14-15H2,1H3,(H,21,22,23). The molecule has 0 atom stereocenters. The number of aromatic nitrogens is 3. The van der Waals surface area contributed by atoms with Crippen LogP contribution in [0.3, 0.4) is 0 Å².